The van der Waals surface area contributed by atoms with Gasteiger partial charge in [-0.3, -0.25) is 9.59 Å². The first-order chi connectivity index (χ1) is 6.56. The van der Waals surface area contributed by atoms with Gasteiger partial charge in [0.1, 0.15) is 0 Å². The van der Waals surface area contributed by atoms with Gasteiger partial charge in [0, 0.05) is 19.4 Å². The molecule has 0 saturated carbocycles. The van der Waals surface area contributed by atoms with Crippen LogP contribution in [0.1, 0.15) is 0 Å². The number of aliphatic hydroxyl groups is 1. The lowest BCUT2D eigenvalue weighted by Crippen LogP contribution is -2.41. The fourth-order valence-electron chi connectivity index (χ4n) is 1.01. The average Bonchev–Trinajstić information content (AvgIpc) is 2.19. The van der Waals surface area contributed by atoms with E-state index in [0.717, 1.165) is 4.57 Å². The van der Waals surface area contributed by atoms with Gasteiger partial charge in [-0.15, -0.1) is 11.6 Å². The van der Waals surface area contributed by atoms with Gasteiger partial charge < -0.3 is 14.2 Å². The highest BCUT2D eigenvalue weighted by Crippen LogP contribution is 1.90. The maximum absolute atomic E-state index is 11.3. The molecular weight excluding hydrogens is 208 g/mol. The largest absolute Gasteiger partial charge is 0.390 e. The van der Waals surface area contributed by atoms with Crippen LogP contribution < -0.4 is 11.1 Å². The molecule has 1 N–H and O–H groups in total. The fraction of sp³-hybridized carbons (Fsp3) is 0.500. The lowest BCUT2D eigenvalue weighted by Gasteiger charge is -2.09. The van der Waals surface area contributed by atoms with Crippen LogP contribution in [0.3, 0.4) is 0 Å². The molecule has 78 valence electrons. The molecule has 0 aromatic carbocycles. The van der Waals surface area contributed by atoms with Crippen LogP contribution in [-0.4, -0.2) is 26.2 Å². The summed E-state index contributed by atoms with van der Waals surface area (Å²) in [6.45, 7) is 0.0401. The Morgan fingerprint density at radius 1 is 1.43 bits per heavy atom. The Kier molecular flexibility index (Phi) is 3.49. The van der Waals surface area contributed by atoms with Crippen molar-refractivity contribution >= 4 is 11.6 Å². The van der Waals surface area contributed by atoms with Crippen LogP contribution in [0.4, 0.5) is 0 Å². The SMILES string of the molecule is Cn1ccn(CC(O)CCl)c(=O)c1=O. The standard InChI is InChI=1S/C8H11ClN2O3/c1-10-2-3-11(5-6(12)4-9)8(14)7(10)13/h2-3,6,12H,4-5H2,1H3. The number of nitrogens with zero attached hydrogens (tertiary/aromatic N) is 2. The molecule has 0 aliphatic rings. The molecule has 0 fully saturated rings. The second-order valence-electron chi connectivity index (χ2n) is 2.98. The fourth-order valence-corrected chi connectivity index (χ4v) is 1.11. The van der Waals surface area contributed by atoms with Gasteiger partial charge in [-0.1, -0.05) is 0 Å². The number of alkyl halides is 1. The maximum Gasteiger partial charge on any atom is 0.316 e. The first-order valence-corrected chi connectivity index (χ1v) is 4.60. The summed E-state index contributed by atoms with van der Waals surface area (Å²) in [6.07, 6.45) is 2.09. The Bertz CT molecular complexity index is 423. The molecule has 14 heavy (non-hydrogen) atoms. The third-order valence-corrected chi connectivity index (χ3v) is 2.18. The van der Waals surface area contributed by atoms with Crippen LogP contribution in [0.25, 0.3) is 0 Å². The topological polar surface area (TPSA) is 64.2 Å². The minimum atomic E-state index is -0.818. The van der Waals surface area contributed by atoms with Crippen molar-refractivity contribution in [3.8, 4) is 0 Å². The Labute approximate surface area is 85.2 Å². The van der Waals surface area contributed by atoms with Crippen molar-refractivity contribution in [2.24, 2.45) is 7.05 Å². The summed E-state index contributed by atoms with van der Waals surface area (Å²) in [5.74, 6) is 0.0294. The zero-order chi connectivity index (χ0) is 10.7. The van der Waals surface area contributed by atoms with Gasteiger partial charge >= 0.3 is 11.1 Å². The number of halogens is 1. The van der Waals surface area contributed by atoms with E-state index >= 15 is 0 Å². The number of hydrogen-bond donors (Lipinski definition) is 1. The highest BCUT2D eigenvalue weighted by molar-refractivity contribution is 6.18. The molecule has 0 saturated heterocycles. The zero-order valence-corrected chi connectivity index (χ0v) is 8.44. The summed E-state index contributed by atoms with van der Waals surface area (Å²) in [5.41, 5.74) is -1.27. The molecular formula is C8H11ClN2O3. The molecule has 6 heteroatoms. The van der Waals surface area contributed by atoms with Gasteiger partial charge in [0.05, 0.1) is 18.5 Å². The maximum atomic E-state index is 11.3. The molecule has 1 atom stereocenters. The normalized spacial score (nSPS) is 12.8. The predicted octanol–water partition coefficient (Wildman–Crippen LogP) is -0.853. The molecule has 0 amide bonds. The Morgan fingerprint density at radius 2 is 2.07 bits per heavy atom. The van der Waals surface area contributed by atoms with Crippen LogP contribution in [-0.2, 0) is 13.6 Å². The number of rotatable bonds is 3. The van der Waals surface area contributed by atoms with Gasteiger partial charge in [-0.25, -0.2) is 0 Å². The van der Waals surface area contributed by atoms with Crippen molar-refractivity contribution in [3.63, 3.8) is 0 Å². The summed E-state index contributed by atoms with van der Waals surface area (Å²) in [7, 11) is 1.49. The molecule has 1 heterocycles. The second-order valence-corrected chi connectivity index (χ2v) is 3.29. The van der Waals surface area contributed by atoms with Gasteiger partial charge in [0.2, 0.25) is 0 Å². The van der Waals surface area contributed by atoms with E-state index < -0.39 is 17.2 Å². The molecule has 0 radical (unpaired) electrons. The summed E-state index contributed by atoms with van der Waals surface area (Å²) in [6, 6.07) is 0. The Hall–Kier alpha value is -1.07. The van der Waals surface area contributed by atoms with Crippen molar-refractivity contribution in [1.29, 1.82) is 0 Å². The summed E-state index contributed by atoms with van der Waals surface area (Å²) in [4.78, 5) is 22.5. The molecule has 1 unspecified atom stereocenters. The molecule has 1 rings (SSSR count). The van der Waals surface area contributed by atoms with Crippen molar-refractivity contribution < 1.29 is 5.11 Å². The molecule has 0 aliphatic heterocycles. The van der Waals surface area contributed by atoms with Crippen LogP contribution in [0.5, 0.6) is 0 Å². The minimum absolute atomic E-state index is 0.0294. The Morgan fingerprint density at radius 3 is 2.64 bits per heavy atom. The number of aryl methyl sites for hydroxylation is 1. The zero-order valence-electron chi connectivity index (χ0n) is 7.68. The highest BCUT2D eigenvalue weighted by Gasteiger charge is 2.07. The first kappa shape index (κ1) is 11.0. The number of aromatic nitrogens is 2. The summed E-state index contributed by atoms with van der Waals surface area (Å²) < 4.78 is 2.33. The number of hydrogen-bond acceptors (Lipinski definition) is 3. The van der Waals surface area contributed by atoms with Gasteiger partial charge in [-0.2, -0.15) is 0 Å². The van der Waals surface area contributed by atoms with E-state index in [4.69, 9.17) is 11.6 Å². The van der Waals surface area contributed by atoms with Gasteiger partial charge in [0.25, 0.3) is 0 Å². The molecule has 0 spiro atoms. The highest BCUT2D eigenvalue weighted by atomic mass is 35.5. The lowest BCUT2D eigenvalue weighted by atomic mass is 10.4. The van der Waals surface area contributed by atoms with E-state index in [0.29, 0.717) is 0 Å². The van der Waals surface area contributed by atoms with E-state index in [9.17, 15) is 14.7 Å². The third-order valence-electron chi connectivity index (χ3n) is 1.82. The van der Waals surface area contributed by atoms with Crippen LogP contribution >= 0.6 is 11.6 Å². The summed E-state index contributed by atoms with van der Waals surface area (Å²) >= 11 is 5.38. The second kappa shape index (κ2) is 4.43. The van der Waals surface area contributed by atoms with Gasteiger partial charge in [-0.05, 0) is 0 Å². The Balaban J connectivity index is 3.07. The van der Waals surface area contributed by atoms with Crippen molar-refractivity contribution in [2.75, 3.05) is 5.88 Å². The van der Waals surface area contributed by atoms with Crippen LogP contribution in [0.15, 0.2) is 22.0 Å². The monoisotopic (exact) mass is 218 g/mol. The molecule has 0 aliphatic carbocycles. The van der Waals surface area contributed by atoms with Crippen molar-refractivity contribution in [1.82, 2.24) is 9.13 Å². The molecule has 0 bridgehead atoms. The van der Waals surface area contributed by atoms with Crippen molar-refractivity contribution in [3.05, 3.63) is 33.1 Å². The van der Waals surface area contributed by atoms with Gasteiger partial charge in [0.15, 0.2) is 0 Å². The van der Waals surface area contributed by atoms with E-state index in [1.807, 2.05) is 0 Å². The van der Waals surface area contributed by atoms with E-state index in [2.05, 4.69) is 0 Å². The number of aliphatic hydroxyl groups excluding tert-OH is 1. The lowest BCUT2D eigenvalue weighted by molar-refractivity contribution is 0.175. The minimum Gasteiger partial charge on any atom is -0.390 e. The quantitative estimate of drug-likeness (QED) is 0.531. The van der Waals surface area contributed by atoms with E-state index in [1.54, 1.807) is 0 Å². The predicted molar refractivity (Wildman–Crippen MR) is 52.7 cm³/mol. The molecule has 1 aromatic rings. The smallest absolute Gasteiger partial charge is 0.316 e. The first-order valence-electron chi connectivity index (χ1n) is 4.06. The summed E-state index contributed by atoms with van der Waals surface area (Å²) in [5, 5.41) is 9.20. The van der Waals surface area contributed by atoms with Crippen LogP contribution in [0.2, 0.25) is 0 Å². The average molecular weight is 219 g/mol. The van der Waals surface area contributed by atoms with Crippen LogP contribution in [0, 0.1) is 0 Å². The molecule has 5 nitrogen and oxygen atoms in total. The third kappa shape index (κ3) is 2.24. The van der Waals surface area contributed by atoms with E-state index in [1.165, 1.54) is 24.0 Å². The van der Waals surface area contributed by atoms with E-state index in [-0.39, 0.29) is 12.4 Å². The van der Waals surface area contributed by atoms with Crippen molar-refractivity contribution in [2.45, 2.75) is 12.6 Å². The molecule has 1 aromatic heterocycles.